The van der Waals surface area contributed by atoms with E-state index in [1.165, 1.54) is 28.6 Å². The van der Waals surface area contributed by atoms with Gasteiger partial charge in [0.1, 0.15) is 18.1 Å². The number of halogens is 1. The molecule has 1 aliphatic carbocycles. The summed E-state index contributed by atoms with van der Waals surface area (Å²) in [5, 5.41) is 4.02. The first-order chi connectivity index (χ1) is 15.7. The predicted octanol–water partition coefficient (Wildman–Crippen LogP) is 5.84. The van der Waals surface area contributed by atoms with Crippen LogP contribution in [0, 0.1) is 0 Å². The number of nitrogens with zero attached hydrogens (tertiary/aromatic N) is 2. The molecule has 0 saturated heterocycles. The number of carbonyl (C=O) groups is 1. The third kappa shape index (κ3) is 3.95. The van der Waals surface area contributed by atoms with E-state index in [0.717, 1.165) is 16.5 Å². The van der Waals surface area contributed by atoms with Gasteiger partial charge in [-0.15, -0.1) is 0 Å². The Hall–Kier alpha value is -3.70. The van der Waals surface area contributed by atoms with Crippen LogP contribution < -0.4 is 5.32 Å². The van der Waals surface area contributed by atoms with Crippen molar-refractivity contribution < 1.29 is 9.53 Å². The van der Waals surface area contributed by atoms with Crippen LogP contribution in [0.4, 0.5) is 4.79 Å². The third-order valence-corrected chi connectivity index (χ3v) is 5.93. The summed E-state index contributed by atoms with van der Waals surface area (Å²) in [4.78, 5) is 20.5. The summed E-state index contributed by atoms with van der Waals surface area (Å²) in [6.45, 7) is 0.661. The Balaban J connectivity index is 1.18. The zero-order valence-corrected chi connectivity index (χ0v) is 17.9. The van der Waals surface area contributed by atoms with Crippen LogP contribution in [0.15, 0.2) is 79.1 Å². The molecule has 4 aromatic rings. The first kappa shape index (κ1) is 20.2. The Bertz CT molecular complexity index is 1290. The highest BCUT2D eigenvalue weighted by Gasteiger charge is 2.28. The van der Waals surface area contributed by atoms with E-state index in [1.807, 2.05) is 54.6 Å². The van der Waals surface area contributed by atoms with Gasteiger partial charge >= 0.3 is 6.09 Å². The van der Waals surface area contributed by atoms with Gasteiger partial charge in [0.05, 0.1) is 5.52 Å². The third-order valence-electron chi connectivity index (χ3n) is 5.63. The lowest BCUT2D eigenvalue weighted by atomic mass is 9.98. The summed E-state index contributed by atoms with van der Waals surface area (Å²) in [6, 6.07) is 22.3. The summed E-state index contributed by atoms with van der Waals surface area (Å²) in [6.07, 6.45) is 4.79. The summed E-state index contributed by atoms with van der Waals surface area (Å²) in [5.41, 5.74) is 6.55. The smallest absolute Gasteiger partial charge is 0.407 e. The molecule has 1 aliphatic rings. The van der Waals surface area contributed by atoms with Gasteiger partial charge in [-0.1, -0.05) is 78.4 Å². The first-order valence-electron chi connectivity index (χ1n) is 10.4. The van der Waals surface area contributed by atoms with Crippen LogP contribution in [0.5, 0.6) is 0 Å². The second-order valence-corrected chi connectivity index (χ2v) is 7.91. The van der Waals surface area contributed by atoms with Gasteiger partial charge in [-0.3, -0.25) is 0 Å². The largest absolute Gasteiger partial charge is 0.449 e. The molecule has 1 N–H and O–H groups in total. The molecule has 32 heavy (non-hydrogen) atoms. The molecular formula is C26H20ClN3O2. The van der Waals surface area contributed by atoms with Gasteiger partial charge in [-0.2, -0.15) is 0 Å². The highest BCUT2D eigenvalue weighted by Crippen LogP contribution is 2.44. The standard InChI is InChI=1S/C26H20ClN3O2/c27-25-22-12-11-17(14-24(22)29-16-30-25)6-5-13-28-26(31)32-15-23-20-9-3-1-7-18(20)19-8-2-4-10-21(19)23/h1-12,14,16,23H,13,15H2,(H,28,31). The predicted molar refractivity (Wildman–Crippen MR) is 127 cm³/mol. The van der Waals surface area contributed by atoms with Gasteiger partial charge in [0.25, 0.3) is 0 Å². The van der Waals surface area contributed by atoms with E-state index in [-0.39, 0.29) is 5.92 Å². The average Bonchev–Trinajstić information content (AvgIpc) is 3.14. The quantitative estimate of drug-likeness (QED) is 0.395. The molecule has 6 heteroatoms. The summed E-state index contributed by atoms with van der Waals surface area (Å²) >= 11 is 6.07. The van der Waals surface area contributed by atoms with Crippen molar-refractivity contribution in [3.05, 3.63) is 101 Å². The zero-order valence-electron chi connectivity index (χ0n) is 17.2. The van der Waals surface area contributed by atoms with Crippen LogP contribution in [0.2, 0.25) is 5.15 Å². The maximum absolute atomic E-state index is 12.2. The molecule has 158 valence electrons. The fourth-order valence-electron chi connectivity index (χ4n) is 4.13. The van der Waals surface area contributed by atoms with Crippen molar-refractivity contribution >= 4 is 34.7 Å². The summed E-state index contributed by atoms with van der Waals surface area (Å²) in [5.74, 6) is 0.0510. The molecule has 0 bridgehead atoms. The molecule has 0 aliphatic heterocycles. The molecule has 0 atom stereocenters. The van der Waals surface area contributed by atoms with Crippen LogP contribution in [0.1, 0.15) is 22.6 Å². The lowest BCUT2D eigenvalue weighted by molar-refractivity contribution is 0.144. The van der Waals surface area contributed by atoms with E-state index in [2.05, 4.69) is 39.6 Å². The number of amides is 1. The Morgan fingerprint density at radius 2 is 1.72 bits per heavy atom. The topological polar surface area (TPSA) is 64.1 Å². The maximum Gasteiger partial charge on any atom is 0.407 e. The normalized spacial score (nSPS) is 12.7. The molecule has 0 spiro atoms. The molecule has 0 fully saturated rings. The number of hydrogen-bond acceptors (Lipinski definition) is 4. The fraction of sp³-hybridized carbons (Fsp3) is 0.115. The molecule has 0 unspecified atom stereocenters. The number of rotatable bonds is 5. The molecule has 1 amide bonds. The molecule has 3 aromatic carbocycles. The van der Waals surface area contributed by atoms with Crippen LogP contribution in [0.25, 0.3) is 28.1 Å². The minimum Gasteiger partial charge on any atom is -0.449 e. The zero-order chi connectivity index (χ0) is 21.9. The molecule has 5 rings (SSSR count). The van der Waals surface area contributed by atoms with Crippen LogP contribution in [0.3, 0.4) is 0 Å². The van der Waals surface area contributed by atoms with E-state index >= 15 is 0 Å². The van der Waals surface area contributed by atoms with Gasteiger partial charge < -0.3 is 10.1 Å². The minimum atomic E-state index is -0.436. The Morgan fingerprint density at radius 1 is 1.00 bits per heavy atom. The molecule has 1 aromatic heterocycles. The Kier molecular flexibility index (Phi) is 5.57. The molecule has 0 saturated carbocycles. The van der Waals surface area contributed by atoms with Crippen molar-refractivity contribution in [3.63, 3.8) is 0 Å². The van der Waals surface area contributed by atoms with E-state index in [0.29, 0.717) is 18.3 Å². The molecule has 0 radical (unpaired) electrons. The number of fused-ring (bicyclic) bond motifs is 4. The first-order valence-corrected chi connectivity index (χ1v) is 10.7. The van der Waals surface area contributed by atoms with Crippen LogP contribution in [-0.4, -0.2) is 29.2 Å². The van der Waals surface area contributed by atoms with E-state index in [9.17, 15) is 4.79 Å². The van der Waals surface area contributed by atoms with Gasteiger partial charge in [-0.25, -0.2) is 14.8 Å². The van der Waals surface area contributed by atoms with E-state index in [1.54, 1.807) is 0 Å². The van der Waals surface area contributed by atoms with Crippen LogP contribution >= 0.6 is 11.6 Å². The minimum absolute atomic E-state index is 0.0510. The Morgan fingerprint density at radius 3 is 2.47 bits per heavy atom. The Labute approximate surface area is 190 Å². The van der Waals surface area contributed by atoms with Crippen molar-refractivity contribution in [2.75, 3.05) is 13.2 Å². The van der Waals surface area contributed by atoms with Crippen molar-refractivity contribution in [2.24, 2.45) is 0 Å². The maximum atomic E-state index is 12.2. The number of ether oxygens (including phenoxy) is 1. The van der Waals surface area contributed by atoms with Gasteiger partial charge in [0.15, 0.2) is 0 Å². The lowest BCUT2D eigenvalue weighted by Crippen LogP contribution is -2.26. The van der Waals surface area contributed by atoms with Gasteiger partial charge in [-0.05, 0) is 39.9 Å². The van der Waals surface area contributed by atoms with Gasteiger partial charge in [0, 0.05) is 17.8 Å². The van der Waals surface area contributed by atoms with Crippen molar-refractivity contribution in [3.8, 4) is 11.1 Å². The number of benzene rings is 3. The van der Waals surface area contributed by atoms with Crippen molar-refractivity contribution in [2.45, 2.75) is 5.92 Å². The highest BCUT2D eigenvalue weighted by atomic mass is 35.5. The van der Waals surface area contributed by atoms with E-state index < -0.39 is 6.09 Å². The second kappa shape index (κ2) is 8.81. The number of hydrogen-bond donors (Lipinski definition) is 1. The number of carbonyl (C=O) groups excluding carboxylic acids is 1. The molecule has 5 nitrogen and oxygen atoms in total. The number of nitrogens with one attached hydrogen (secondary N) is 1. The van der Waals surface area contributed by atoms with E-state index in [4.69, 9.17) is 16.3 Å². The monoisotopic (exact) mass is 441 g/mol. The second-order valence-electron chi connectivity index (χ2n) is 7.55. The summed E-state index contributed by atoms with van der Waals surface area (Å²) in [7, 11) is 0. The van der Waals surface area contributed by atoms with Gasteiger partial charge in [0.2, 0.25) is 0 Å². The number of aromatic nitrogens is 2. The molecule has 1 heterocycles. The highest BCUT2D eigenvalue weighted by molar-refractivity contribution is 6.34. The average molecular weight is 442 g/mol. The molecular weight excluding hydrogens is 422 g/mol. The SMILES string of the molecule is O=C(NCC=Cc1ccc2c(Cl)ncnc2c1)OCC1c2ccccc2-c2ccccc21. The van der Waals surface area contributed by atoms with Crippen molar-refractivity contribution in [1.82, 2.24) is 15.3 Å². The number of alkyl carbamates (subject to hydrolysis) is 1. The lowest BCUT2D eigenvalue weighted by Gasteiger charge is -2.14. The van der Waals surface area contributed by atoms with Crippen LogP contribution in [-0.2, 0) is 4.74 Å². The summed E-state index contributed by atoms with van der Waals surface area (Å²) < 4.78 is 5.55. The fourth-order valence-corrected chi connectivity index (χ4v) is 4.34. The van der Waals surface area contributed by atoms with Crippen molar-refractivity contribution in [1.29, 1.82) is 0 Å².